The van der Waals surface area contributed by atoms with E-state index in [-0.39, 0.29) is 4.32 Å². The van der Waals surface area contributed by atoms with Crippen LogP contribution in [0.25, 0.3) is 17.4 Å². The highest BCUT2D eigenvalue weighted by Gasteiger charge is 2.40. The van der Waals surface area contributed by atoms with Crippen LogP contribution in [0.2, 0.25) is 10.0 Å². The molecule has 2 heterocycles. The number of carboxylic acid groups (broad SMARTS) is 1. The first-order chi connectivity index (χ1) is 13.8. The second kappa shape index (κ2) is 9.57. The maximum atomic E-state index is 12.8. The maximum absolute atomic E-state index is 12.8. The first-order valence-corrected chi connectivity index (χ1v) is 11.7. The maximum Gasteiger partial charge on any atom is 0.326 e. The molecule has 0 spiro atoms. The van der Waals surface area contributed by atoms with Crippen LogP contribution in [-0.4, -0.2) is 44.3 Å². The molecule has 0 radical (unpaired) electrons. The lowest BCUT2D eigenvalue weighted by Gasteiger charge is -2.22. The van der Waals surface area contributed by atoms with E-state index in [1.165, 1.54) is 16.7 Å². The van der Waals surface area contributed by atoms with Gasteiger partial charge in [-0.25, -0.2) is 4.79 Å². The van der Waals surface area contributed by atoms with Crippen molar-refractivity contribution in [3.05, 3.63) is 51.0 Å². The number of nitrogens with zero attached hydrogens (tertiary/aromatic N) is 1. The predicted octanol–water partition coefficient (Wildman–Crippen LogP) is 5.66. The van der Waals surface area contributed by atoms with Crippen LogP contribution in [0.1, 0.15) is 12.2 Å². The van der Waals surface area contributed by atoms with E-state index in [0.29, 0.717) is 44.2 Å². The number of carbonyl (C=O) groups is 2. The van der Waals surface area contributed by atoms with Gasteiger partial charge in [-0.2, -0.15) is 11.8 Å². The van der Waals surface area contributed by atoms with Gasteiger partial charge < -0.3 is 9.52 Å². The Labute approximate surface area is 191 Å². The van der Waals surface area contributed by atoms with E-state index in [9.17, 15) is 14.7 Å². The number of thiocarbonyl (C=S) groups is 1. The van der Waals surface area contributed by atoms with Crippen LogP contribution in [0.3, 0.4) is 0 Å². The van der Waals surface area contributed by atoms with E-state index >= 15 is 0 Å². The lowest BCUT2D eigenvalue weighted by atomic mass is 10.2. The Kier molecular flexibility index (Phi) is 7.34. The lowest BCUT2D eigenvalue weighted by Crippen LogP contribution is -2.44. The van der Waals surface area contributed by atoms with E-state index in [4.69, 9.17) is 39.8 Å². The fraction of sp³-hybridized carbons (Fsp3) is 0.211. The van der Waals surface area contributed by atoms with Crippen LogP contribution in [-0.2, 0) is 9.59 Å². The number of halogens is 2. The van der Waals surface area contributed by atoms with Crippen LogP contribution in [0.5, 0.6) is 0 Å². The van der Waals surface area contributed by atoms with Gasteiger partial charge >= 0.3 is 5.97 Å². The van der Waals surface area contributed by atoms with Crippen molar-refractivity contribution in [2.24, 2.45) is 0 Å². The minimum atomic E-state index is -1.07. The summed E-state index contributed by atoms with van der Waals surface area (Å²) in [4.78, 5) is 25.9. The van der Waals surface area contributed by atoms with Gasteiger partial charge in [0.25, 0.3) is 5.91 Å². The third kappa shape index (κ3) is 5.19. The van der Waals surface area contributed by atoms with Crippen molar-refractivity contribution >= 4 is 81.2 Å². The Hall–Kier alpha value is -1.45. The van der Waals surface area contributed by atoms with Crippen molar-refractivity contribution in [2.45, 2.75) is 12.5 Å². The summed E-state index contributed by atoms with van der Waals surface area (Å²) in [7, 11) is 0. The van der Waals surface area contributed by atoms with E-state index in [0.717, 1.165) is 11.8 Å². The molecule has 29 heavy (non-hydrogen) atoms. The SMILES string of the molecule is CSCCC(C(=O)O)N1C(=O)/C(=C\c2ccc(-c3cc(Cl)cc(Cl)c3)o2)SC1=S. The molecule has 1 aromatic heterocycles. The first-order valence-electron chi connectivity index (χ1n) is 8.35. The normalized spacial score (nSPS) is 16.7. The van der Waals surface area contributed by atoms with E-state index in [2.05, 4.69) is 0 Å². The molecular weight excluding hydrogens is 473 g/mol. The standard InChI is InChI=1S/C19H15Cl2NO4S3/c1-28-5-4-14(18(24)25)22-17(23)16(29-19(22)27)9-13-2-3-15(26-13)10-6-11(20)8-12(21)7-10/h2-3,6-9,14H,4-5H2,1H3,(H,24,25)/b16-9+. The smallest absolute Gasteiger partial charge is 0.326 e. The molecule has 1 aliphatic rings. The van der Waals surface area contributed by atoms with Crippen LogP contribution in [0, 0.1) is 0 Å². The Morgan fingerprint density at radius 3 is 2.66 bits per heavy atom. The molecule has 1 aliphatic heterocycles. The van der Waals surface area contributed by atoms with Crippen LogP contribution < -0.4 is 0 Å². The average Bonchev–Trinajstić information content (AvgIpc) is 3.21. The van der Waals surface area contributed by atoms with Gasteiger partial charge in [-0.1, -0.05) is 47.2 Å². The second-order valence-corrected chi connectivity index (χ2v) is 9.58. The summed E-state index contributed by atoms with van der Waals surface area (Å²) in [6.07, 6.45) is 3.75. The molecule has 152 valence electrons. The molecule has 3 rings (SSSR count). The van der Waals surface area contributed by atoms with Gasteiger partial charge in [0.2, 0.25) is 0 Å². The number of amides is 1. The van der Waals surface area contributed by atoms with Gasteiger partial charge in [0.15, 0.2) is 0 Å². The zero-order chi connectivity index (χ0) is 21.1. The van der Waals surface area contributed by atoms with Gasteiger partial charge in [-0.15, -0.1) is 0 Å². The fourth-order valence-corrected chi connectivity index (χ4v) is 5.07. The molecule has 1 N–H and O–H groups in total. The molecule has 2 aromatic rings. The number of hydrogen-bond donors (Lipinski definition) is 1. The lowest BCUT2D eigenvalue weighted by molar-refractivity contribution is -0.145. The molecule has 10 heteroatoms. The van der Waals surface area contributed by atoms with Gasteiger partial charge in [0.1, 0.15) is 21.9 Å². The minimum Gasteiger partial charge on any atom is -0.480 e. The third-order valence-electron chi connectivity index (χ3n) is 4.06. The van der Waals surface area contributed by atoms with Crippen molar-refractivity contribution in [3.63, 3.8) is 0 Å². The summed E-state index contributed by atoms with van der Waals surface area (Å²) in [5, 5.41) is 10.5. The van der Waals surface area contributed by atoms with Crippen molar-refractivity contribution in [1.29, 1.82) is 0 Å². The summed E-state index contributed by atoms with van der Waals surface area (Å²) < 4.78 is 6.02. The topological polar surface area (TPSA) is 70.8 Å². The number of carbonyl (C=O) groups excluding carboxylic acids is 1. The Bertz CT molecular complexity index is 985. The molecule has 1 unspecified atom stereocenters. The molecule has 1 amide bonds. The quantitative estimate of drug-likeness (QED) is 0.398. The first kappa shape index (κ1) is 22.2. The summed E-state index contributed by atoms with van der Waals surface area (Å²) in [6, 6.07) is 7.53. The molecule has 5 nitrogen and oxygen atoms in total. The molecule has 1 aromatic carbocycles. The predicted molar refractivity (Wildman–Crippen MR) is 124 cm³/mol. The van der Waals surface area contributed by atoms with Crippen molar-refractivity contribution in [3.8, 4) is 11.3 Å². The molecule has 1 fully saturated rings. The zero-order valence-electron chi connectivity index (χ0n) is 15.1. The molecule has 0 bridgehead atoms. The number of aliphatic carboxylic acids is 1. The average molecular weight is 488 g/mol. The van der Waals surface area contributed by atoms with Gasteiger partial charge in [0.05, 0.1) is 4.91 Å². The van der Waals surface area contributed by atoms with E-state index in [1.807, 2.05) is 6.26 Å². The summed E-state index contributed by atoms with van der Waals surface area (Å²) >= 11 is 19.9. The Balaban J connectivity index is 1.84. The molecule has 0 aliphatic carbocycles. The minimum absolute atomic E-state index is 0.225. The van der Waals surface area contributed by atoms with E-state index < -0.39 is 17.9 Å². The summed E-state index contributed by atoms with van der Waals surface area (Å²) in [5.74, 6) is 0.0793. The van der Waals surface area contributed by atoms with Crippen molar-refractivity contribution in [2.75, 3.05) is 12.0 Å². The summed E-state index contributed by atoms with van der Waals surface area (Å²) in [6.45, 7) is 0. The van der Waals surface area contributed by atoms with Crippen molar-refractivity contribution in [1.82, 2.24) is 4.90 Å². The second-order valence-electron chi connectivity index (χ2n) is 6.05. The molecule has 0 saturated carbocycles. The number of hydrogen-bond acceptors (Lipinski definition) is 6. The van der Waals surface area contributed by atoms with Gasteiger partial charge in [-0.3, -0.25) is 9.69 Å². The largest absolute Gasteiger partial charge is 0.480 e. The van der Waals surface area contributed by atoms with Crippen LogP contribution in [0.15, 0.2) is 39.7 Å². The number of benzene rings is 1. The Morgan fingerprint density at radius 2 is 2.03 bits per heavy atom. The molecule has 1 atom stereocenters. The summed E-state index contributed by atoms with van der Waals surface area (Å²) in [5.41, 5.74) is 0.706. The van der Waals surface area contributed by atoms with Crippen LogP contribution >= 0.6 is 58.9 Å². The zero-order valence-corrected chi connectivity index (χ0v) is 19.0. The number of carboxylic acids is 1. The number of rotatable bonds is 7. The highest BCUT2D eigenvalue weighted by atomic mass is 35.5. The Morgan fingerprint density at radius 1 is 1.34 bits per heavy atom. The highest BCUT2D eigenvalue weighted by molar-refractivity contribution is 8.26. The van der Waals surface area contributed by atoms with E-state index in [1.54, 1.807) is 36.4 Å². The fourth-order valence-electron chi connectivity index (χ4n) is 2.75. The highest BCUT2D eigenvalue weighted by Crippen LogP contribution is 2.36. The molecular formula is C19H15Cl2NO4S3. The number of furan rings is 1. The van der Waals surface area contributed by atoms with Gasteiger partial charge in [-0.05, 0) is 48.8 Å². The van der Waals surface area contributed by atoms with Gasteiger partial charge in [0, 0.05) is 21.7 Å². The monoisotopic (exact) mass is 487 g/mol. The van der Waals surface area contributed by atoms with Crippen LogP contribution in [0.4, 0.5) is 0 Å². The number of thioether (sulfide) groups is 2. The van der Waals surface area contributed by atoms with Crippen molar-refractivity contribution < 1.29 is 19.1 Å². The molecule has 1 saturated heterocycles. The third-order valence-corrected chi connectivity index (χ3v) is 6.47.